The van der Waals surface area contributed by atoms with Crippen LogP contribution >= 0.6 is 0 Å². The molecule has 0 unspecified atom stereocenters. The number of benzene rings is 1. The van der Waals surface area contributed by atoms with E-state index in [-0.39, 0.29) is 0 Å². The molecule has 1 fully saturated rings. The van der Waals surface area contributed by atoms with Crippen LogP contribution in [0.15, 0.2) is 30.0 Å². The molecule has 3 rings (SSSR count). The van der Waals surface area contributed by atoms with Gasteiger partial charge in [0.2, 0.25) is 5.76 Å². The zero-order valence-electron chi connectivity index (χ0n) is 8.90. The molecule has 3 nitrogen and oxygen atoms in total. The average molecular weight is 214 g/mol. The van der Waals surface area contributed by atoms with Crippen LogP contribution in [0.3, 0.4) is 0 Å². The van der Waals surface area contributed by atoms with E-state index in [1.165, 1.54) is 18.5 Å². The van der Waals surface area contributed by atoms with Gasteiger partial charge in [0.05, 0.1) is 0 Å². The zero-order valence-corrected chi connectivity index (χ0v) is 8.90. The largest absolute Gasteiger partial charge is 0.444 e. The van der Waals surface area contributed by atoms with Crippen molar-refractivity contribution in [3.63, 3.8) is 0 Å². The molecule has 2 aliphatic heterocycles. The van der Waals surface area contributed by atoms with Crippen molar-refractivity contribution >= 4 is 17.7 Å². The third-order valence-electron chi connectivity index (χ3n) is 3.06. The van der Waals surface area contributed by atoms with Crippen LogP contribution in [-0.2, 0) is 9.53 Å². The van der Waals surface area contributed by atoms with E-state index in [2.05, 4.69) is 11.0 Å². The molecule has 0 atom stereocenters. The van der Waals surface area contributed by atoms with E-state index < -0.39 is 0 Å². The summed E-state index contributed by atoms with van der Waals surface area (Å²) in [4.78, 5) is 12.8. The van der Waals surface area contributed by atoms with Crippen molar-refractivity contribution in [1.82, 2.24) is 0 Å². The summed E-state index contributed by atoms with van der Waals surface area (Å²) in [6, 6.07) is 8.06. The Hall–Kier alpha value is -1.77. The molecule has 1 aromatic carbocycles. The van der Waals surface area contributed by atoms with Gasteiger partial charge in [-0.15, -0.1) is 0 Å². The molecule has 16 heavy (non-hydrogen) atoms. The Labute approximate surface area is 94.3 Å². The summed E-state index contributed by atoms with van der Waals surface area (Å²) in [6.07, 6.45) is 4.27. The second kappa shape index (κ2) is 3.67. The SMILES string of the molecule is O=[C]C1=C(c2ccccc2N2CCCC2)O1. The third kappa shape index (κ3) is 1.48. The van der Waals surface area contributed by atoms with Crippen LogP contribution in [0.5, 0.6) is 0 Å². The summed E-state index contributed by atoms with van der Waals surface area (Å²) >= 11 is 0. The van der Waals surface area contributed by atoms with Crippen molar-refractivity contribution in [3.05, 3.63) is 35.6 Å². The van der Waals surface area contributed by atoms with Crippen molar-refractivity contribution < 1.29 is 9.53 Å². The van der Waals surface area contributed by atoms with Gasteiger partial charge in [-0.3, -0.25) is 4.79 Å². The van der Waals surface area contributed by atoms with E-state index >= 15 is 0 Å². The Morgan fingerprint density at radius 3 is 2.62 bits per heavy atom. The number of anilines is 1. The van der Waals surface area contributed by atoms with Crippen molar-refractivity contribution in [2.75, 3.05) is 18.0 Å². The Kier molecular flexibility index (Phi) is 2.17. The van der Waals surface area contributed by atoms with Gasteiger partial charge in [-0.05, 0) is 25.0 Å². The number of rotatable bonds is 3. The van der Waals surface area contributed by atoms with E-state index in [9.17, 15) is 4.79 Å². The van der Waals surface area contributed by atoms with Gasteiger partial charge < -0.3 is 9.64 Å². The molecule has 2 aliphatic rings. The molecule has 81 valence electrons. The molecule has 0 amide bonds. The van der Waals surface area contributed by atoms with Gasteiger partial charge in [0.15, 0.2) is 5.76 Å². The minimum Gasteiger partial charge on any atom is -0.444 e. The van der Waals surface area contributed by atoms with Crippen LogP contribution in [0.4, 0.5) is 5.69 Å². The lowest BCUT2D eigenvalue weighted by molar-refractivity contribution is 0.511. The Bertz CT molecular complexity index is 459. The molecule has 0 bridgehead atoms. The maximum absolute atomic E-state index is 10.5. The normalized spacial score (nSPS) is 18.6. The Morgan fingerprint density at radius 2 is 1.94 bits per heavy atom. The quantitative estimate of drug-likeness (QED) is 0.772. The van der Waals surface area contributed by atoms with Gasteiger partial charge in [0, 0.05) is 24.3 Å². The summed E-state index contributed by atoms with van der Waals surface area (Å²) in [5, 5.41) is 0. The molecule has 2 heterocycles. The second-order valence-electron chi connectivity index (χ2n) is 4.07. The van der Waals surface area contributed by atoms with E-state index in [1.54, 1.807) is 6.29 Å². The zero-order chi connectivity index (χ0) is 11.0. The van der Waals surface area contributed by atoms with Crippen LogP contribution in [0.1, 0.15) is 18.4 Å². The fourth-order valence-electron chi connectivity index (χ4n) is 2.22. The van der Waals surface area contributed by atoms with Gasteiger partial charge >= 0.3 is 0 Å². The van der Waals surface area contributed by atoms with E-state index in [1.807, 2.05) is 18.2 Å². The van der Waals surface area contributed by atoms with Crippen LogP contribution in [0, 0.1) is 0 Å². The second-order valence-corrected chi connectivity index (χ2v) is 4.07. The highest BCUT2D eigenvalue weighted by atomic mass is 16.6. The van der Waals surface area contributed by atoms with Gasteiger partial charge in [-0.25, -0.2) is 0 Å². The average Bonchev–Trinajstić information content (AvgIpc) is 2.93. The summed E-state index contributed by atoms with van der Waals surface area (Å²) < 4.78 is 5.14. The van der Waals surface area contributed by atoms with E-state index in [4.69, 9.17) is 4.74 Å². The van der Waals surface area contributed by atoms with Crippen molar-refractivity contribution in [3.8, 4) is 0 Å². The molecular weight excluding hydrogens is 202 g/mol. The number of nitrogens with zero attached hydrogens (tertiary/aromatic N) is 1. The highest BCUT2D eigenvalue weighted by molar-refractivity contribution is 5.95. The molecule has 0 saturated carbocycles. The highest BCUT2D eigenvalue weighted by Gasteiger charge is 2.30. The summed E-state index contributed by atoms with van der Waals surface area (Å²) in [7, 11) is 0. The summed E-state index contributed by atoms with van der Waals surface area (Å²) in [6.45, 7) is 2.18. The molecule has 0 spiro atoms. The third-order valence-corrected chi connectivity index (χ3v) is 3.06. The molecule has 3 heteroatoms. The number of hydrogen-bond donors (Lipinski definition) is 0. The fourth-order valence-corrected chi connectivity index (χ4v) is 2.22. The Balaban J connectivity index is 1.98. The number of carbonyl (C=O) groups excluding carboxylic acids is 1. The molecule has 0 aromatic heterocycles. The van der Waals surface area contributed by atoms with Crippen LogP contribution in [0.2, 0.25) is 0 Å². The number of allylic oxidation sites excluding steroid dienone is 1. The van der Waals surface area contributed by atoms with Gasteiger partial charge in [-0.2, -0.15) is 0 Å². The van der Waals surface area contributed by atoms with Gasteiger partial charge in [0.1, 0.15) is 0 Å². The lowest BCUT2D eigenvalue weighted by Gasteiger charge is -2.19. The first kappa shape index (κ1) is 9.46. The summed E-state index contributed by atoms with van der Waals surface area (Å²) in [5.41, 5.74) is 2.18. The minimum atomic E-state index is 0.353. The van der Waals surface area contributed by atoms with Crippen molar-refractivity contribution in [2.45, 2.75) is 12.8 Å². The van der Waals surface area contributed by atoms with Crippen molar-refractivity contribution in [1.29, 1.82) is 0 Å². The fraction of sp³-hybridized carbons (Fsp3) is 0.308. The monoisotopic (exact) mass is 214 g/mol. The predicted molar refractivity (Wildman–Crippen MR) is 61.6 cm³/mol. The highest BCUT2D eigenvalue weighted by Crippen LogP contribution is 2.40. The van der Waals surface area contributed by atoms with Gasteiger partial charge in [0.25, 0.3) is 6.29 Å². The number of hydrogen-bond acceptors (Lipinski definition) is 3. The molecule has 1 aromatic rings. The Morgan fingerprint density at radius 1 is 1.19 bits per heavy atom. The van der Waals surface area contributed by atoms with E-state index in [0.717, 1.165) is 18.7 Å². The predicted octanol–water partition coefficient (Wildman–Crippen LogP) is 2.10. The molecule has 1 saturated heterocycles. The maximum atomic E-state index is 10.5. The molecule has 1 radical (unpaired) electrons. The molecule has 0 N–H and O–H groups in total. The van der Waals surface area contributed by atoms with Gasteiger partial charge in [-0.1, -0.05) is 12.1 Å². The van der Waals surface area contributed by atoms with E-state index in [0.29, 0.717) is 11.5 Å². The molecule has 0 aliphatic carbocycles. The summed E-state index contributed by atoms with van der Waals surface area (Å²) in [5.74, 6) is 1.05. The van der Waals surface area contributed by atoms with Crippen LogP contribution in [-0.4, -0.2) is 19.4 Å². The lowest BCUT2D eigenvalue weighted by atomic mass is 10.1. The number of para-hydroxylation sites is 1. The maximum Gasteiger partial charge on any atom is 0.276 e. The van der Waals surface area contributed by atoms with Crippen molar-refractivity contribution in [2.24, 2.45) is 0 Å². The van der Waals surface area contributed by atoms with Crippen LogP contribution < -0.4 is 4.90 Å². The smallest absolute Gasteiger partial charge is 0.276 e. The standard InChI is InChI=1S/C13H12NO2/c15-9-12-13(16-12)10-5-1-2-6-11(10)14-7-3-4-8-14/h1-2,5-6H,3-4,7-8H2. The topological polar surface area (TPSA) is 32.8 Å². The van der Waals surface area contributed by atoms with Crippen LogP contribution in [0.25, 0.3) is 5.76 Å². The minimum absolute atomic E-state index is 0.353. The first-order valence-electron chi connectivity index (χ1n) is 5.55. The first-order valence-corrected chi connectivity index (χ1v) is 5.55. The first-order chi connectivity index (χ1) is 7.90. The number of ether oxygens (including phenoxy) is 1. The lowest BCUT2D eigenvalue weighted by Crippen LogP contribution is -2.18. The molecular formula is C13H12NO2.